The van der Waals surface area contributed by atoms with Crippen molar-refractivity contribution in [2.24, 2.45) is 0 Å². The van der Waals surface area contributed by atoms with Crippen molar-refractivity contribution < 1.29 is 8.42 Å². The molecule has 0 unspecified atom stereocenters. The smallest absolute Gasteiger partial charge is 0.243 e. The zero-order chi connectivity index (χ0) is 16.9. The van der Waals surface area contributed by atoms with Crippen molar-refractivity contribution in [3.8, 4) is 0 Å². The van der Waals surface area contributed by atoms with Crippen LogP contribution in [0.4, 0.5) is 0 Å². The van der Waals surface area contributed by atoms with E-state index in [4.69, 9.17) is 0 Å². The van der Waals surface area contributed by atoms with Crippen LogP contribution in [0.15, 0.2) is 35.5 Å². The van der Waals surface area contributed by atoms with Gasteiger partial charge in [0.05, 0.1) is 11.1 Å². The number of aromatic nitrogens is 3. The summed E-state index contributed by atoms with van der Waals surface area (Å²) in [5, 5.41) is 7.87. The number of hydrogen-bond donors (Lipinski definition) is 1. The summed E-state index contributed by atoms with van der Waals surface area (Å²) in [6.07, 6.45) is 4.18. The summed E-state index contributed by atoms with van der Waals surface area (Å²) in [6, 6.07) is 5.54. The Hall–Kier alpha value is -2.25. The van der Waals surface area contributed by atoms with E-state index in [1.165, 1.54) is 0 Å². The van der Waals surface area contributed by atoms with E-state index in [-0.39, 0.29) is 0 Å². The average Bonchev–Trinajstić information content (AvgIpc) is 3.05. The molecule has 3 aromatic rings. The quantitative estimate of drug-likeness (QED) is 0.775. The molecule has 7 heteroatoms. The first kappa shape index (κ1) is 15.3. The number of H-pyrrole nitrogens is 1. The maximum absolute atomic E-state index is 13.1. The fraction of sp³-hybridized carbons (Fsp3) is 0.294. The van der Waals surface area contributed by atoms with Crippen molar-refractivity contribution in [3.05, 3.63) is 52.8 Å². The topological polar surface area (TPSA) is 79.0 Å². The van der Waals surface area contributed by atoms with Crippen LogP contribution >= 0.6 is 0 Å². The summed E-state index contributed by atoms with van der Waals surface area (Å²) in [5.41, 5.74) is 4.55. The van der Waals surface area contributed by atoms with E-state index in [2.05, 4.69) is 15.2 Å². The standard InChI is InChI=1S/C17H18N4O2S/c1-11-3-4-12(2)16(7-11)24(22,23)21-6-5-14-13(10-21)8-18-17-15(14)9-19-20-17/h3-4,7-9H,5-6,10H2,1-2H3,(H,18,19,20). The number of aromatic amines is 1. The number of nitrogens with one attached hydrogen (secondary N) is 1. The molecule has 1 N–H and O–H groups in total. The van der Waals surface area contributed by atoms with E-state index >= 15 is 0 Å². The van der Waals surface area contributed by atoms with E-state index in [0.29, 0.717) is 24.4 Å². The summed E-state index contributed by atoms with van der Waals surface area (Å²) in [4.78, 5) is 4.73. The third-order valence-corrected chi connectivity index (χ3v) is 6.59. The molecule has 0 spiro atoms. The van der Waals surface area contributed by atoms with Gasteiger partial charge in [0.1, 0.15) is 0 Å². The van der Waals surface area contributed by atoms with Crippen LogP contribution in [0.5, 0.6) is 0 Å². The van der Waals surface area contributed by atoms with Gasteiger partial charge in [-0.2, -0.15) is 9.40 Å². The van der Waals surface area contributed by atoms with Gasteiger partial charge in [0.15, 0.2) is 5.65 Å². The van der Waals surface area contributed by atoms with Gasteiger partial charge in [-0.3, -0.25) is 5.10 Å². The van der Waals surface area contributed by atoms with E-state index in [1.54, 1.807) is 22.8 Å². The van der Waals surface area contributed by atoms with Gasteiger partial charge in [-0.1, -0.05) is 12.1 Å². The second kappa shape index (κ2) is 5.39. The van der Waals surface area contributed by atoms with Crippen LogP contribution in [0.25, 0.3) is 11.0 Å². The summed E-state index contributed by atoms with van der Waals surface area (Å²) < 4.78 is 27.7. The maximum Gasteiger partial charge on any atom is 0.243 e. The summed E-state index contributed by atoms with van der Waals surface area (Å²) in [7, 11) is -3.52. The minimum Gasteiger partial charge on any atom is -0.261 e. The average molecular weight is 342 g/mol. The van der Waals surface area contributed by atoms with Gasteiger partial charge < -0.3 is 0 Å². The van der Waals surface area contributed by atoms with Crippen LogP contribution in [0.1, 0.15) is 22.3 Å². The minimum absolute atomic E-state index is 0.346. The van der Waals surface area contributed by atoms with Gasteiger partial charge in [-0.05, 0) is 48.6 Å². The third kappa shape index (κ3) is 2.32. The molecular weight excluding hydrogens is 324 g/mol. The van der Waals surface area contributed by atoms with E-state index in [9.17, 15) is 8.42 Å². The first-order valence-corrected chi connectivity index (χ1v) is 9.28. The molecule has 124 valence electrons. The molecule has 0 amide bonds. The molecule has 4 rings (SSSR count). The molecule has 1 aliphatic rings. The zero-order valence-corrected chi connectivity index (χ0v) is 14.4. The number of aryl methyl sites for hydroxylation is 2. The van der Waals surface area contributed by atoms with Crippen molar-refractivity contribution in [2.75, 3.05) is 6.54 Å². The number of nitrogens with zero attached hydrogens (tertiary/aromatic N) is 3. The van der Waals surface area contributed by atoms with E-state index in [1.807, 2.05) is 26.0 Å². The highest BCUT2D eigenvalue weighted by atomic mass is 32.2. The monoisotopic (exact) mass is 342 g/mol. The highest BCUT2D eigenvalue weighted by molar-refractivity contribution is 7.89. The molecule has 0 saturated carbocycles. The molecule has 0 atom stereocenters. The maximum atomic E-state index is 13.1. The van der Waals surface area contributed by atoms with Gasteiger partial charge in [0.25, 0.3) is 0 Å². The van der Waals surface area contributed by atoms with Crippen molar-refractivity contribution >= 4 is 21.1 Å². The Morgan fingerprint density at radius 2 is 2.04 bits per heavy atom. The lowest BCUT2D eigenvalue weighted by atomic mass is 10.0. The Morgan fingerprint density at radius 1 is 1.21 bits per heavy atom. The van der Waals surface area contributed by atoms with Gasteiger partial charge >= 0.3 is 0 Å². The van der Waals surface area contributed by atoms with Crippen LogP contribution in [0, 0.1) is 13.8 Å². The molecule has 0 saturated heterocycles. The summed E-state index contributed by atoms with van der Waals surface area (Å²) in [5.74, 6) is 0. The second-order valence-electron chi connectivity index (χ2n) is 6.25. The molecule has 24 heavy (non-hydrogen) atoms. The fourth-order valence-corrected chi connectivity index (χ4v) is 4.99. The largest absolute Gasteiger partial charge is 0.261 e. The Kier molecular flexibility index (Phi) is 3.43. The summed E-state index contributed by atoms with van der Waals surface area (Å²) in [6.45, 7) is 4.55. The number of rotatable bonds is 2. The molecule has 3 heterocycles. The molecule has 0 fully saturated rings. The first-order valence-electron chi connectivity index (χ1n) is 7.84. The first-order chi connectivity index (χ1) is 11.5. The number of sulfonamides is 1. The van der Waals surface area contributed by atoms with Crippen molar-refractivity contribution in [1.82, 2.24) is 19.5 Å². The Labute approximate surface area is 140 Å². The number of hydrogen-bond acceptors (Lipinski definition) is 4. The fourth-order valence-electron chi connectivity index (χ4n) is 3.26. The molecule has 1 aromatic carbocycles. The van der Waals surface area contributed by atoms with Crippen LogP contribution in [0.3, 0.4) is 0 Å². The highest BCUT2D eigenvalue weighted by Crippen LogP contribution is 2.29. The Balaban J connectivity index is 1.75. The lowest BCUT2D eigenvalue weighted by Gasteiger charge is -2.28. The predicted octanol–water partition coefficient (Wildman–Crippen LogP) is 2.32. The van der Waals surface area contributed by atoms with Gasteiger partial charge in [0.2, 0.25) is 10.0 Å². The Morgan fingerprint density at radius 3 is 2.88 bits per heavy atom. The summed E-state index contributed by atoms with van der Waals surface area (Å²) >= 11 is 0. The van der Waals surface area contributed by atoms with Gasteiger partial charge in [-0.25, -0.2) is 13.4 Å². The second-order valence-corrected chi connectivity index (χ2v) is 8.16. The van der Waals surface area contributed by atoms with Crippen molar-refractivity contribution in [3.63, 3.8) is 0 Å². The van der Waals surface area contributed by atoms with E-state index in [0.717, 1.165) is 33.3 Å². The molecule has 2 aromatic heterocycles. The van der Waals surface area contributed by atoms with Crippen LogP contribution < -0.4 is 0 Å². The molecule has 0 radical (unpaired) electrons. The molecule has 1 aliphatic heterocycles. The highest BCUT2D eigenvalue weighted by Gasteiger charge is 2.30. The minimum atomic E-state index is -3.52. The van der Waals surface area contributed by atoms with Crippen LogP contribution in [-0.2, 0) is 23.0 Å². The number of pyridine rings is 1. The molecule has 0 bridgehead atoms. The third-order valence-electron chi connectivity index (χ3n) is 4.60. The molecular formula is C17H18N4O2S. The lowest BCUT2D eigenvalue weighted by Crippen LogP contribution is -2.36. The van der Waals surface area contributed by atoms with Gasteiger partial charge in [-0.15, -0.1) is 0 Å². The Bertz CT molecular complexity index is 1040. The lowest BCUT2D eigenvalue weighted by molar-refractivity contribution is 0.391. The number of benzene rings is 1. The molecule has 6 nitrogen and oxygen atoms in total. The predicted molar refractivity (Wildman–Crippen MR) is 91.1 cm³/mol. The molecule has 0 aliphatic carbocycles. The zero-order valence-electron chi connectivity index (χ0n) is 13.6. The van der Waals surface area contributed by atoms with Gasteiger partial charge in [0, 0.05) is 24.7 Å². The normalized spacial score (nSPS) is 15.6. The SMILES string of the molecule is Cc1ccc(C)c(S(=O)(=O)N2CCc3c(cnc4[nH]ncc34)C2)c1. The van der Waals surface area contributed by atoms with E-state index < -0.39 is 10.0 Å². The van der Waals surface area contributed by atoms with Crippen LogP contribution in [-0.4, -0.2) is 34.4 Å². The number of fused-ring (bicyclic) bond motifs is 3. The van der Waals surface area contributed by atoms with Crippen LogP contribution in [0.2, 0.25) is 0 Å². The van der Waals surface area contributed by atoms with Crippen molar-refractivity contribution in [2.45, 2.75) is 31.7 Å². The van der Waals surface area contributed by atoms with Crippen molar-refractivity contribution in [1.29, 1.82) is 0 Å².